The fraction of sp³-hybridized carbons (Fsp3) is 0.478. The predicted octanol–water partition coefficient (Wildman–Crippen LogP) is 3.82. The molecule has 2 aliphatic rings. The molecule has 1 saturated heterocycles. The Morgan fingerprint density at radius 2 is 1.76 bits per heavy atom. The summed E-state index contributed by atoms with van der Waals surface area (Å²) in [5, 5.41) is 0. The average molecular weight is 395 g/mol. The minimum absolute atomic E-state index is 0.583. The molecule has 2 aromatic rings. The molecule has 4 rings (SSSR count). The van der Waals surface area contributed by atoms with Crippen LogP contribution in [-0.4, -0.2) is 67.0 Å². The van der Waals surface area contributed by atoms with E-state index in [1.165, 1.54) is 0 Å². The maximum absolute atomic E-state index is 6.27. The number of nitrogens with zero attached hydrogens (tertiary/aromatic N) is 4. The molecular weight excluding hydrogens is 364 g/mol. The monoisotopic (exact) mass is 394 g/mol. The molecule has 2 aliphatic heterocycles. The molecule has 0 aliphatic carbocycles. The first-order valence-corrected chi connectivity index (χ1v) is 10.6. The van der Waals surface area contributed by atoms with Gasteiger partial charge in [-0.25, -0.2) is 4.98 Å². The Kier molecular flexibility index (Phi) is 6.62. The Hall–Kier alpha value is -2.60. The lowest BCUT2D eigenvalue weighted by molar-refractivity contribution is 0.291. The fourth-order valence-electron chi connectivity index (χ4n) is 3.77. The molecule has 29 heavy (non-hydrogen) atoms. The number of rotatable bonds is 0. The zero-order chi connectivity index (χ0) is 19.9. The summed E-state index contributed by atoms with van der Waals surface area (Å²) in [7, 11) is 2.19. The molecule has 154 valence electrons. The fourth-order valence-corrected chi connectivity index (χ4v) is 3.77. The molecule has 1 fully saturated rings. The van der Waals surface area contributed by atoms with Crippen molar-refractivity contribution < 1.29 is 9.47 Å². The van der Waals surface area contributed by atoms with Gasteiger partial charge >= 0.3 is 0 Å². The first kappa shape index (κ1) is 19.7. The van der Waals surface area contributed by atoms with E-state index < -0.39 is 0 Å². The number of aromatic nitrogens is 1. The lowest BCUT2D eigenvalue weighted by atomic mass is 10.2. The third-order valence-electron chi connectivity index (χ3n) is 5.41. The van der Waals surface area contributed by atoms with Crippen LogP contribution >= 0.6 is 0 Å². The maximum Gasteiger partial charge on any atom is 0.230 e. The van der Waals surface area contributed by atoms with Crippen molar-refractivity contribution in [1.82, 2.24) is 14.8 Å². The number of amidine groups is 1. The van der Waals surface area contributed by atoms with Gasteiger partial charge in [0.05, 0.1) is 12.2 Å². The van der Waals surface area contributed by atoms with Crippen LogP contribution in [0, 0.1) is 0 Å². The van der Waals surface area contributed by atoms with Gasteiger partial charge in [-0.1, -0.05) is 12.1 Å². The van der Waals surface area contributed by atoms with Gasteiger partial charge in [-0.05, 0) is 63.5 Å². The summed E-state index contributed by atoms with van der Waals surface area (Å²) in [5.41, 5.74) is 0.950. The van der Waals surface area contributed by atoms with E-state index in [2.05, 4.69) is 27.9 Å². The Balaban J connectivity index is 1.71. The minimum Gasteiger partial charge on any atom is -0.490 e. The number of pyridine rings is 1. The smallest absolute Gasteiger partial charge is 0.230 e. The number of para-hydroxylation sites is 2. The van der Waals surface area contributed by atoms with E-state index >= 15 is 0 Å². The van der Waals surface area contributed by atoms with Gasteiger partial charge in [0.2, 0.25) is 5.88 Å². The van der Waals surface area contributed by atoms with Gasteiger partial charge in [0, 0.05) is 32.4 Å². The summed E-state index contributed by atoms with van der Waals surface area (Å²) in [6.07, 6.45) is 6.07. The standard InChI is InChI=1S/C23H30N4O2/c1-26-14-8-15-27(17-16-26)22-19-9-7-13-25-23(19)29-21-11-4-3-10-20(21)28-18-6-2-5-12-24-22/h3-4,7,9-11,13H,2,5-6,8,12,14-18H2,1H3. The quantitative estimate of drug-likeness (QED) is 0.680. The number of hydrogen-bond acceptors (Lipinski definition) is 6. The van der Waals surface area contributed by atoms with Crippen LogP contribution in [0.3, 0.4) is 0 Å². The topological polar surface area (TPSA) is 50.2 Å². The van der Waals surface area contributed by atoms with Gasteiger partial charge in [-0.3, -0.25) is 4.99 Å². The molecule has 0 atom stereocenters. The summed E-state index contributed by atoms with van der Waals surface area (Å²) >= 11 is 0. The first-order valence-electron chi connectivity index (χ1n) is 10.6. The maximum atomic E-state index is 6.27. The van der Waals surface area contributed by atoms with Crippen molar-refractivity contribution in [2.75, 3.05) is 46.4 Å². The zero-order valence-electron chi connectivity index (χ0n) is 17.2. The Morgan fingerprint density at radius 1 is 0.862 bits per heavy atom. The Bertz CT molecular complexity index is 839. The van der Waals surface area contributed by atoms with Crippen LogP contribution in [-0.2, 0) is 0 Å². The van der Waals surface area contributed by atoms with Crippen LogP contribution < -0.4 is 9.47 Å². The van der Waals surface area contributed by atoms with Crippen LogP contribution in [0.1, 0.15) is 31.2 Å². The van der Waals surface area contributed by atoms with Crippen molar-refractivity contribution >= 4 is 5.84 Å². The lowest BCUT2D eigenvalue weighted by Gasteiger charge is -2.26. The Labute approximate surface area is 173 Å². The van der Waals surface area contributed by atoms with Crippen molar-refractivity contribution in [2.45, 2.75) is 25.7 Å². The molecule has 6 nitrogen and oxygen atoms in total. The molecule has 0 unspecified atom stereocenters. The summed E-state index contributed by atoms with van der Waals surface area (Å²) in [4.78, 5) is 14.4. The number of fused-ring (bicyclic) bond motifs is 2. The summed E-state index contributed by atoms with van der Waals surface area (Å²) < 4.78 is 12.3. The highest BCUT2D eigenvalue weighted by molar-refractivity contribution is 6.00. The largest absolute Gasteiger partial charge is 0.490 e. The molecular formula is C23H30N4O2. The van der Waals surface area contributed by atoms with Gasteiger partial charge in [0.25, 0.3) is 0 Å². The molecule has 6 heteroatoms. The second-order valence-corrected chi connectivity index (χ2v) is 7.66. The molecule has 0 amide bonds. The van der Waals surface area contributed by atoms with Crippen molar-refractivity contribution in [3.05, 3.63) is 48.2 Å². The van der Waals surface area contributed by atoms with Gasteiger partial charge < -0.3 is 19.3 Å². The van der Waals surface area contributed by atoms with E-state index in [1.807, 2.05) is 30.3 Å². The van der Waals surface area contributed by atoms with Crippen molar-refractivity contribution in [3.8, 4) is 17.4 Å². The van der Waals surface area contributed by atoms with E-state index in [4.69, 9.17) is 14.5 Å². The van der Waals surface area contributed by atoms with E-state index in [9.17, 15) is 0 Å². The van der Waals surface area contributed by atoms with Gasteiger partial charge in [0.15, 0.2) is 11.5 Å². The highest BCUT2D eigenvalue weighted by atomic mass is 16.5. The SMILES string of the molecule is CN1CCCN(C2=NCCCCCOc3ccccc3Oc3ncccc32)CC1. The summed E-state index contributed by atoms with van der Waals surface area (Å²) in [5.74, 6) is 3.04. The predicted molar refractivity (Wildman–Crippen MR) is 115 cm³/mol. The first-order chi connectivity index (χ1) is 14.3. The van der Waals surface area contributed by atoms with Crippen LogP contribution in [0.5, 0.6) is 17.4 Å². The molecule has 0 radical (unpaired) electrons. The highest BCUT2D eigenvalue weighted by Crippen LogP contribution is 2.33. The lowest BCUT2D eigenvalue weighted by Crippen LogP contribution is -2.35. The second kappa shape index (κ2) is 9.74. The van der Waals surface area contributed by atoms with E-state index in [1.54, 1.807) is 6.20 Å². The highest BCUT2D eigenvalue weighted by Gasteiger charge is 2.22. The van der Waals surface area contributed by atoms with Gasteiger partial charge in [-0.15, -0.1) is 0 Å². The van der Waals surface area contributed by atoms with Crippen LogP contribution in [0.15, 0.2) is 47.6 Å². The van der Waals surface area contributed by atoms with Crippen LogP contribution in [0.25, 0.3) is 0 Å². The molecule has 3 heterocycles. The third-order valence-corrected chi connectivity index (χ3v) is 5.41. The van der Waals surface area contributed by atoms with Gasteiger partial charge in [0.1, 0.15) is 5.84 Å². The molecule has 0 bridgehead atoms. The summed E-state index contributed by atoms with van der Waals surface area (Å²) in [6, 6.07) is 11.9. The second-order valence-electron chi connectivity index (χ2n) is 7.66. The zero-order valence-corrected chi connectivity index (χ0v) is 17.2. The third kappa shape index (κ3) is 5.07. The van der Waals surface area contributed by atoms with E-state index in [0.29, 0.717) is 18.2 Å². The molecule has 0 saturated carbocycles. The molecule has 1 aromatic heterocycles. The number of ether oxygens (including phenoxy) is 2. The number of benzene rings is 1. The average Bonchev–Trinajstić information content (AvgIpc) is 2.95. The minimum atomic E-state index is 0.583. The van der Waals surface area contributed by atoms with Gasteiger partial charge in [-0.2, -0.15) is 0 Å². The van der Waals surface area contributed by atoms with Crippen LogP contribution in [0.4, 0.5) is 0 Å². The molecule has 1 aromatic carbocycles. The van der Waals surface area contributed by atoms with E-state index in [0.717, 1.165) is 75.6 Å². The Morgan fingerprint density at radius 3 is 2.69 bits per heavy atom. The summed E-state index contributed by atoms with van der Waals surface area (Å²) in [6.45, 7) is 5.60. The molecule has 0 spiro atoms. The van der Waals surface area contributed by atoms with E-state index in [-0.39, 0.29) is 0 Å². The number of aliphatic imine (C=N–C) groups is 1. The van der Waals surface area contributed by atoms with Crippen molar-refractivity contribution in [2.24, 2.45) is 4.99 Å². The molecule has 0 N–H and O–H groups in total. The number of likely N-dealkylation sites (N-methyl/N-ethyl adjacent to an activating group) is 1. The van der Waals surface area contributed by atoms with Crippen molar-refractivity contribution in [3.63, 3.8) is 0 Å². The number of hydrogen-bond donors (Lipinski definition) is 0. The van der Waals surface area contributed by atoms with Crippen LogP contribution in [0.2, 0.25) is 0 Å². The van der Waals surface area contributed by atoms with Crippen molar-refractivity contribution in [1.29, 1.82) is 0 Å². The normalized spacial score (nSPS) is 19.1.